The third kappa shape index (κ3) is 4.29. The number of aromatic nitrogens is 3. The quantitative estimate of drug-likeness (QED) is 0.600. The number of halogens is 2. The molecule has 3 aromatic rings. The van der Waals surface area contributed by atoms with Crippen LogP contribution in [-0.4, -0.2) is 64.1 Å². The summed E-state index contributed by atoms with van der Waals surface area (Å²) in [6.07, 6.45) is 2.02. The molecule has 1 N–H and O–H groups in total. The Labute approximate surface area is 203 Å². The smallest absolute Gasteiger partial charge is 0.240 e. The molecule has 2 aliphatic heterocycles. The van der Waals surface area contributed by atoms with E-state index in [1.165, 1.54) is 0 Å². The van der Waals surface area contributed by atoms with Crippen molar-refractivity contribution in [3.05, 3.63) is 52.0 Å². The normalized spacial score (nSPS) is 22.2. The molecule has 3 atom stereocenters. The monoisotopic (exact) mass is 486 g/mol. The second-order valence-electron chi connectivity index (χ2n) is 9.02. The largest absolute Gasteiger partial charge is 0.368 e. The first-order valence-electron chi connectivity index (χ1n) is 11.5. The number of carbonyl (C=O) groups excluding carboxylic acids is 1. The fourth-order valence-corrected chi connectivity index (χ4v) is 5.56. The lowest BCUT2D eigenvalue weighted by Crippen LogP contribution is -2.57. The number of amides is 1. The van der Waals surface area contributed by atoms with Crippen LogP contribution >= 0.6 is 23.2 Å². The summed E-state index contributed by atoms with van der Waals surface area (Å²) in [6, 6.07) is 11.8. The van der Waals surface area contributed by atoms with Crippen LogP contribution in [0, 0.1) is 0 Å². The van der Waals surface area contributed by atoms with Crippen molar-refractivity contribution in [2.24, 2.45) is 0 Å². The van der Waals surface area contributed by atoms with Gasteiger partial charge in [-0.3, -0.25) is 4.79 Å². The van der Waals surface area contributed by atoms with Crippen molar-refractivity contribution in [2.75, 3.05) is 31.1 Å². The maximum absolute atomic E-state index is 12.9. The Morgan fingerprint density at radius 2 is 2.03 bits per heavy atom. The number of rotatable bonds is 4. The van der Waals surface area contributed by atoms with Gasteiger partial charge in [-0.1, -0.05) is 34.5 Å². The molecule has 5 rings (SSSR count). The third-order valence-electron chi connectivity index (χ3n) is 6.87. The maximum Gasteiger partial charge on any atom is 0.240 e. The van der Waals surface area contributed by atoms with Gasteiger partial charge in [-0.25, -0.2) is 4.68 Å². The fraction of sp³-hybridized carbons (Fsp3) is 0.458. The third-order valence-corrected chi connectivity index (χ3v) is 7.43. The van der Waals surface area contributed by atoms with Crippen molar-refractivity contribution in [2.45, 2.75) is 44.8 Å². The predicted octanol–water partition coefficient (Wildman–Crippen LogP) is 4.14. The predicted molar refractivity (Wildman–Crippen MR) is 132 cm³/mol. The summed E-state index contributed by atoms with van der Waals surface area (Å²) in [4.78, 5) is 17.3. The van der Waals surface area contributed by atoms with E-state index < -0.39 is 0 Å². The molecule has 0 aliphatic carbocycles. The highest BCUT2D eigenvalue weighted by Gasteiger charge is 2.33. The van der Waals surface area contributed by atoms with Crippen molar-refractivity contribution in [3.8, 4) is 0 Å². The van der Waals surface area contributed by atoms with E-state index in [2.05, 4.69) is 46.5 Å². The molecular weight excluding hydrogens is 459 g/mol. The lowest BCUT2D eigenvalue weighted by Gasteiger charge is -2.42. The summed E-state index contributed by atoms with van der Waals surface area (Å²) in [6.45, 7) is 7.45. The van der Waals surface area contributed by atoms with E-state index in [9.17, 15) is 4.79 Å². The Balaban J connectivity index is 1.37. The van der Waals surface area contributed by atoms with Crippen LogP contribution in [-0.2, 0) is 4.79 Å². The Bertz CT molecular complexity index is 1170. The minimum absolute atomic E-state index is 0.0167. The topological polar surface area (TPSA) is 66.3 Å². The SMILES string of the molecule is CC(c1ccc(Cl)cc1Cl)n1nnc2ccc(N3CCN(C(=O)C4CCCN4)[C@H](C)C3)cc21. The van der Waals surface area contributed by atoms with E-state index >= 15 is 0 Å². The van der Waals surface area contributed by atoms with Crippen LogP contribution in [0.4, 0.5) is 5.69 Å². The van der Waals surface area contributed by atoms with Gasteiger partial charge in [-0.2, -0.15) is 0 Å². The molecule has 7 nitrogen and oxygen atoms in total. The molecule has 1 amide bonds. The second kappa shape index (κ2) is 9.12. The van der Waals surface area contributed by atoms with Gasteiger partial charge in [0.05, 0.1) is 17.6 Å². The zero-order chi connectivity index (χ0) is 23.1. The lowest BCUT2D eigenvalue weighted by molar-refractivity contribution is -0.135. The maximum atomic E-state index is 12.9. The van der Waals surface area contributed by atoms with Crippen LogP contribution in [0.3, 0.4) is 0 Å². The number of hydrogen-bond acceptors (Lipinski definition) is 5. The highest BCUT2D eigenvalue weighted by Crippen LogP contribution is 2.31. The molecule has 2 aliphatic rings. The minimum atomic E-state index is -0.0951. The van der Waals surface area contributed by atoms with Crippen molar-refractivity contribution in [3.63, 3.8) is 0 Å². The van der Waals surface area contributed by atoms with E-state index in [4.69, 9.17) is 23.2 Å². The van der Waals surface area contributed by atoms with Crippen LogP contribution in [0.1, 0.15) is 38.3 Å². The van der Waals surface area contributed by atoms with Gasteiger partial charge >= 0.3 is 0 Å². The average molecular weight is 487 g/mol. The minimum Gasteiger partial charge on any atom is -0.368 e. The molecule has 2 saturated heterocycles. The Morgan fingerprint density at radius 3 is 2.76 bits per heavy atom. The lowest BCUT2D eigenvalue weighted by atomic mass is 10.1. The summed E-state index contributed by atoms with van der Waals surface area (Å²) in [5.41, 5.74) is 3.84. The zero-order valence-corrected chi connectivity index (χ0v) is 20.4. The summed E-state index contributed by atoms with van der Waals surface area (Å²) in [7, 11) is 0. The highest BCUT2D eigenvalue weighted by atomic mass is 35.5. The second-order valence-corrected chi connectivity index (χ2v) is 9.87. The summed E-state index contributed by atoms with van der Waals surface area (Å²) in [5.74, 6) is 0.242. The van der Waals surface area contributed by atoms with Crippen molar-refractivity contribution in [1.29, 1.82) is 0 Å². The first kappa shape index (κ1) is 22.4. The molecule has 0 saturated carbocycles. The molecule has 2 aromatic carbocycles. The van der Waals surface area contributed by atoms with Crippen molar-refractivity contribution in [1.82, 2.24) is 25.2 Å². The van der Waals surface area contributed by atoms with E-state index in [1.54, 1.807) is 6.07 Å². The Morgan fingerprint density at radius 1 is 1.18 bits per heavy atom. The van der Waals surface area contributed by atoms with Gasteiger partial charge in [0.25, 0.3) is 0 Å². The number of anilines is 1. The van der Waals surface area contributed by atoms with Gasteiger partial charge in [0, 0.05) is 41.4 Å². The molecule has 0 spiro atoms. The molecule has 174 valence electrons. The molecule has 2 unspecified atom stereocenters. The molecule has 0 radical (unpaired) electrons. The number of benzene rings is 2. The number of nitrogens with one attached hydrogen (secondary N) is 1. The van der Waals surface area contributed by atoms with Crippen LogP contribution in [0.2, 0.25) is 10.0 Å². The van der Waals surface area contributed by atoms with Crippen molar-refractivity contribution >= 4 is 45.8 Å². The number of fused-ring (bicyclic) bond motifs is 1. The zero-order valence-electron chi connectivity index (χ0n) is 18.8. The van der Waals surface area contributed by atoms with Gasteiger partial charge in [0.2, 0.25) is 5.91 Å². The van der Waals surface area contributed by atoms with Crippen LogP contribution in [0.15, 0.2) is 36.4 Å². The van der Waals surface area contributed by atoms with Gasteiger partial charge in [-0.05, 0) is 69.1 Å². The Hall–Kier alpha value is -2.35. The summed E-state index contributed by atoms with van der Waals surface area (Å²) < 4.78 is 1.91. The van der Waals surface area contributed by atoms with Crippen LogP contribution in [0.5, 0.6) is 0 Å². The summed E-state index contributed by atoms with van der Waals surface area (Å²) in [5, 5.41) is 13.3. The first-order valence-corrected chi connectivity index (χ1v) is 12.3. The number of hydrogen-bond donors (Lipinski definition) is 1. The van der Waals surface area contributed by atoms with Gasteiger partial charge in [0.1, 0.15) is 5.52 Å². The molecule has 1 aromatic heterocycles. The molecule has 0 bridgehead atoms. The number of piperazine rings is 1. The van der Waals surface area contributed by atoms with Gasteiger partial charge in [0.15, 0.2) is 0 Å². The molecule has 2 fully saturated rings. The van der Waals surface area contributed by atoms with Crippen molar-refractivity contribution < 1.29 is 4.79 Å². The number of nitrogens with zero attached hydrogens (tertiary/aromatic N) is 5. The average Bonchev–Trinajstić information content (AvgIpc) is 3.48. The van der Waals surface area contributed by atoms with Gasteiger partial charge in [-0.15, -0.1) is 5.10 Å². The van der Waals surface area contributed by atoms with Gasteiger partial charge < -0.3 is 15.1 Å². The van der Waals surface area contributed by atoms with E-state index in [0.29, 0.717) is 10.0 Å². The standard InChI is InChI=1S/C24H28Cl2N6O/c1-15-14-30(10-11-31(15)24(33)22-4-3-9-27-22)18-6-8-21-23(13-18)32(29-28-21)16(2)19-7-5-17(25)12-20(19)26/h5-8,12-13,15-16,22,27H,3-4,9-11,14H2,1-2H3/t15-,16?,22?/m1/s1. The fourth-order valence-electron chi connectivity index (χ4n) is 4.99. The molecule has 33 heavy (non-hydrogen) atoms. The van der Waals surface area contributed by atoms with E-state index in [-0.39, 0.29) is 24.0 Å². The highest BCUT2D eigenvalue weighted by molar-refractivity contribution is 6.35. The molecule has 9 heteroatoms. The summed E-state index contributed by atoms with van der Waals surface area (Å²) >= 11 is 12.5. The Kier molecular flexibility index (Phi) is 6.20. The first-order chi connectivity index (χ1) is 15.9. The molecular formula is C24H28Cl2N6O. The van der Waals surface area contributed by atoms with Crippen LogP contribution in [0.25, 0.3) is 11.0 Å². The van der Waals surface area contributed by atoms with E-state index in [0.717, 1.165) is 61.3 Å². The van der Waals surface area contributed by atoms with Crippen LogP contribution < -0.4 is 10.2 Å². The van der Waals surface area contributed by atoms with E-state index in [1.807, 2.05) is 27.8 Å². The molecule has 3 heterocycles. The number of carbonyl (C=O) groups is 1.